The van der Waals surface area contributed by atoms with Crippen LogP contribution in [0.3, 0.4) is 0 Å². The normalized spacial score (nSPS) is 12.5. The third-order valence-electron chi connectivity index (χ3n) is 1.48. The van der Waals surface area contributed by atoms with Crippen LogP contribution in [0.15, 0.2) is 41.8 Å². The number of thiol groups is 1. The Morgan fingerprint density at radius 2 is 2.09 bits per heavy atom. The Balaban J connectivity index is 3.02. The number of aliphatic hydroxyl groups excluding tert-OH is 1. The molecule has 0 aliphatic rings. The van der Waals surface area contributed by atoms with E-state index >= 15 is 0 Å². The average Bonchev–Trinajstić information content (AvgIpc) is 2.04. The minimum Gasteiger partial charge on any atom is -0.384 e. The van der Waals surface area contributed by atoms with Gasteiger partial charge in [0.05, 0.1) is 6.10 Å². The van der Waals surface area contributed by atoms with Gasteiger partial charge in [0, 0.05) is 4.90 Å². The molecule has 1 unspecified atom stereocenters. The van der Waals surface area contributed by atoms with E-state index in [0.717, 1.165) is 10.5 Å². The molecule has 0 aliphatic heterocycles. The maximum Gasteiger partial charge on any atom is 0.0979 e. The fourth-order valence-corrected chi connectivity index (χ4v) is 1.16. The van der Waals surface area contributed by atoms with Crippen LogP contribution in [-0.2, 0) is 0 Å². The van der Waals surface area contributed by atoms with E-state index in [-0.39, 0.29) is 0 Å². The monoisotopic (exact) mass is 166 g/mol. The van der Waals surface area contributed by atoms with Crippen LogP contribution < -0.4 is 0 Å². The van der Waals surface area contributed by atoms with Gasteiger partial charge in [-0.15, -0.1) is 19.2 Å². The molecule has 1 nitrogen and oxygen atoms in total. The van der Waals surface area contributed by atoms with Gasteiger partial charge < -0.3 is 5.11 Å². The molecule has 2 heteroatoms. The Morgan fingerprint density at radius 3 is 2.64 bits per heavy atom. The molecule has 1 aromatic carbocycles. The van der Waals surface area contributed by atoms with E-state index in [2.05, 4.69) is 19.2 Å². The second-order valence-corrected chi connectivity index (χ2v) is 2.72. The minimum atomic E-state index is -0.608. The summed E-state index contributed by atoms with van der Waals surface area (Å²) in [4.78, 5) is 0.792. The summed E-state index contributed by atoms with van der Waals surface area (Å²) in [7, 11) is 0. The second-order valence-electron chi connectivity index (χ2n) is 2.24. The molecule has 0 bridgehead atoms. The Labute approximate surface area is 71.8 Å². The van der Waals surface area contributed by atoms with Crippen molar-refractivity contribution in [3.05, 3.63) is 42.5 Å². The summed E-state index contributed by atoms with van der Waals surface area (Å²) in [6.07, 6.45) is 0.874. The summed E-state index contributed by atoms with van der Waals surface area (Å²) in [5, 5.41) is 9.34. The fourth-order valence-electron chi connectivity index (χ4n) is 0.865. The maximum absolute atomic E-state index is 9.34. The van der Waals surface area contributed by atoms with Crippen molar-refractivity contribution in [2.75, 3.05) is 0 Å². The van der Waals surface area contributed by atoms with Crippen molar-refractivity contribution in [2.24, 2.45) is 0 Å². The SMILES string of the molecule is C=CC(O)c1ccccc1S. The van der Waals surface area contributed by atoms with Crippen molar-refractivity contribution >= 4 is 12.6 Å². The number of hydrogen-bond donors (Lipinski definition) is 2. The van der Waals surface area contributed by atoms with E-state index in [1.54, 1.807) is 0 Å². The zero-order chi connectivity index (χ0) is 8.27. The van der Waals surface area contributed by atoms with E-state index < -0.39 is 6.10 Å². The highest BCUT2D eigenvalue weighted by molar-refractivity contribution is 7.80. The van der Waals surface area contributed by atoms with Crippen LogP contribution in [0.2, 0.25) is 0 Å². The van der Waals surface area contributed by atoms with Crippen LogP contribution in [0.5, 0.6) is 0 Å². The van der Waals surface area contributed by atoms with E-state index in [4.69, 9.17) is 0 Å². The maximum atomic E-state index is 9.34. The van der Waals surface area contributed by atoms with Crippen molar-refractivity contribution in [2.45, 2.75) is 11.0 Å². The predicted molar refractivity (Wildman–Crippen MR) is 48.9 cm³/mol. The number of rotatable bonds is 2. The molecule has 0 heterocycles. The van der Waals surface area contributed by atoms with Crippen molar-refractivity contribution in [3.63, 3.8) is 0 Å². The topological polar surface area (TPSA) is 20.2 Å². The molecule has 0 spiro atoms. The van der Waals surface area contributed by atoms with Gasteiger partial charge in [0.15, 0.2) is 0 Å². The minimum absolute atomic E-state index is 0.608. The van der Waals surface area contributed by atoms with E-state index in [1.807, 2.05) is 24.3 Å². The third kappa shape index (κ3) is 1.85. The number of aliphatic hydroxyl groups is 1. The van der Waals surface area contributed by atoms with Gasteiger partial charge in [-0.3, -0.25) is 0 Å². The van der Waals surface area contributed by atoms with Gasteiger partial charge in [-0.25, -0.2) is 0 Å². The first-order valence-electron chi connectivity index (χ1n) is 3.34. The molecule has 11 heavy (non-hydrogen) atoms. The smallest absolute Gasteiger partial charge is 0.0979 e. The molecule has 1 atom stereocenters. The molecule has 1 aromatic rings. The first-order valence-corrected chi connectivity index (χ1v) is 3.79. The highest BCUT2D eigenvalue weighted by atomic mass is 32.1. The lowest BCUT2D eigenvalue weighted by molar-refractivity contribution is 0.226. The van der Waals surface area contributed by atoms with Gasteiger partial charge in [0.25, 0.3) is 0 Å². The summed E-state index contributed by atoms with van der Waals surface area (Å²) >= 11 is 4.18. The first kappa shape index (κ1) is 8.37. The zero-order valence-corrected chi connectivity index (χ0v) is 6.96. The predicted octanol–water partition coefficient (Wildman–Crippen LogP) is 2.19. The van der Waals surface area contributed by atoms with Crippen molar-refractivity contribution in [1.29, 1.82) is 0 Å². The van der Waals surface area contributed by atoms with Crippen LogP contribution in [-0.4, -0.2) is 5.11 Å². The van der Waals surface area contributed by atoms with Gasteiger partial charge in [0.2, 0.25) is 0 Å². The molecule has 0 fully saturated rings. The van der Waals surface area contributed by atoms with Gasteiger partial charge in [-0.1, -0.05) is 24.3 Å². The average molecular weight is 166 g/mol. The Hall–Kier alpha value is -0.730. The van der Waals surface area contributed by atoms with Crippen molar-refractivity contribution in [3.8, 4) is 0 Å². The first-order chi connectivity index (χ1) is 5.25. The highest BCUT2D eigenvalue weighted by Crippen LogP contribution is 2.20. The summed E-state index contributed by atoms with van der Waals surface area (Å²) in [5.41, 5.74) is 0.797. The molecule has 0 aromatic heterocycles. The summed E-state index contributed by atoms with van der Waals surface area (Å²) in [5.74, 6) is 0. The summed E-state index contributed by atoms with van der Waals surface area (Å²) < 4.78 is 0. The van der Waals surface area contributed by atoms with Crippen LogP contribution in [0.25, 0.3) is 0 Å². The van der Waals surface area contributed by atoms with Crippen molar-refractivity contribution < 1.29 is 5.11 Å². The third-order valence-corrected chi connectivity index (χ3v) is 1.89. The molecule has 0 aliphatic carbocycles. The van der Waals surface area contributed by atoms with Crippen LogP contribution >= 0.6 is 12.6 Å². The van der Waals surface area contributed by atoms with E-state index in [1.165, 1.54) is 6.08 Å². The van der Waals surface area contributed by atoms with Crippen LogP contribution in [0.1, 0.15) is 11.7 Å². The molecule has 0 amide bonds. The lowest BCUT2D eigenvalue weighted by Gasteiger charge is -2.07. The van der Waals surface area contributed by atoms with E-state index in [9.17, 15) is 5.11 Å². The van der Waals surface area contributed by atoms with Gasteiger partial charge in [-0.05, 0) is 11.6 Å². The van der Waals surface area contributed by atoms with E-state index in [0.29, 0.717) is 0 Å². The molecular formula is C9H10OS. The molecule has 0 saturated heterocycles. The number of hydrogen-bond acceptors (Lipinski definition) is 2. The quantitative estimate of drug-likeness (QED) is 0.510. The zero-order valence-electron chi connectivity index (χ0n) is 6.07. The molecule has 1 rings (SSSR count). The van der Waals surface area contributed by atoms with Crippen LogP contribution in [0.4, 0.5) is 0 Å². The standard InChI is InChI=1S/C9H10OS/c1-2-8(10)7-5-3-4-6-9(7)11/h2-6,8,10-11H,1H2. The lowest BCUT2D eigenvalue weighted by atomic mass is 10.1. The molecule has 1 N–H and O–H groups in total. The Kier molecular flexibility index (Phi) is 2.74. The highest BCUT2D eigenvalue weighted by Gasteiger charge is 2.04. The Morgan fingerprint density at radius 1 is 1.45 bits per heavy atom. The summed E-state index contributed by atoms with van der Waals surface area (Å²) in [6.45, 7) is 3.49. The Bertz CT molecular complexity index is 257. The largest absolute Gasteiger partial charge is 0.384 e. The molecule has 58 valence electrons. The van der Waals surface area contributed by atoms with Gasteiger partial charge in [0.1, 0.15) is 0 Å². The molecule has 0 saturated carbocycles. The van der Waals surface area contributed by atoms with Crippen molar-refractivity contribution in [1.82, 2.24) is 0 Å². The molecular weight excluding hydrogens is 156 g/mol. The lowest BCUT2D eigenvalue weighted by Crippen LogP contribution is -1.92. The van der Waals surface area contributed by atoms with Crippen LogP contribution in [0, 0.1) is 0 Å². The van der Waals surface area contributed by atoms with Gasteiger partial charge in [-0.2, -0.15) is 0 Å². The number of benzene rings is 1. The molecule has 0 radical (unpaired) electrons. The summed E-state index contributed by atoms with van der Waals surface area (Å²) in [6, 6.07) is 7.41. The fraction of sp³-hybridized carbons (Fsp3) is 0.111. The second kappa shape index (κ2) is 3.60. The van der Waals surface area contributed by atoms with Gasteiger partial charge >= 0.3 is 0 Å².